The van der Waals surface area contributed by atoms with Crippen LogP contribution in [-0.4, -0.2) is 20.0 Å². The quantitative estimate of drug-likeness (QED) is 0.801. The van der Waals surface area contributed by atoms with Gasteiger partial charge in [0.2, 0.25) is 0 Å². The molecule has 0 saturated carbocycles. The zero-order valence-corrected chi connectivity index (χ0v) is 12.3. The van der Waals surface area contributed by atoms with Crippen molar-refractivity contribution in [3.63, 3.8) is 0 Å². The maximum Gasteiger partial charge on any atom is 0.193 e. The zero-order valence-electron chi connectivity index (χ0n) is 11.6. The van der Waals surface area contributed by atoms with Gasteiger partial charge in [-0.05, 0) is 30.7 Å². The predicted molar refractivity (Wildman–Crippen MR) is 79.2 cm³/mol. The lowest BCUT2D eigenvalue weighted by Crippen LogP contribution is -2.05. The van der Waals surface area contributed by atoms with Gasteiger partial charge < -0.3 is 9.47 Å². The molecule has 0 amide bonds. The number of benzene rings is 2. The minimum Gasteiger partial charge on any atom is -0.497 e. The normalized spacial score (nSPS) is 10.2. The van der Waals surface area contributed by atoms with Crippen LogP contribution in [-0.2, 0) is 0 Å². The van der Waals surface area contributed by atoms with Crippen LogP contribution in [0.1, 0.15) is 21.5 Å². The first kappa shape index (κ1) is 14.4. The predicted octanol–water partition coefficient (Wildman–Crippen LogP) is 3.90. The van der Waals surface area contributed by atoms with Gasteiger partial charge in [-0.25, -0.2) is 0 Å². The van der Waals surface area contributed by atoms with Crippen LogP contribution in [0, 0.1) is 6.92 Å². The van der Waals surface area contributed by atoms with Gasteiger partial charge in [-0.1, -0.05) is 23.7 Å². The zero-order chi connectivity index (χ0) is 14.7. The SMILES string of the molecule is COc1cc(OC)cc(C(=O)c2cccc(Cl)c2C)c1. The van der Waals surface area contributed by atoms with Crippen molar-refractivity contribution >= 4 is 17.4 Å². The van der Waals surface area contributed by atoms with E-state index in [1.165, 1.54) is 0 Å². The van der Waals surface area contributed by atoms with E-state index < -0.39 is 0 Å². The molecule has 0 atom stereocenters. The Hall–Kier alpha value is -2.00. The Morgan fingerprint density at radius 1 is 1.05 bits per heavy atom. The molecular formula is C16H15ClO3. The third-order valence-corrected chi connectivity index (χ3v) is 3.54. The van der Waals surface area contributed by atoms with Crippen molar-refractivity contribution in [3.05, 3.63) is 58.1 Å². The summed E-state index contributed by atoms with van der Waals surface area (Å²) >= 11 is 6.06. The third-order valence-electron chi connectivity index (χ3n) is 3.13. The van der Waals surface area contributed by atoms with E-state index >= 15 is 0 Å². The minimum absolute atomic E-state index is 0.109. The Morgan fingerprint density at radius 3 is 2.20 bits per heavy atom. The molecule has 0 aliphatic rings. The molecule has 2 aromatic carbocycles. The van der Waals surface area contributed by atoms with E-state index in [0.717, 1.165) is 5.56 Å². The van der Waals surface area contributed by atoms with Crippen LogP contribution in [0.2, 0.25) is 5.02 Å². The highest BCUT2D eigenvalue weighted by Gasteiger charge is 2.15. The Labute approximate surface area is 123 Å². The van der Waals surface area contributed by atoms with Gasteiger partial charge in [-0.2, -0.15) is 0 Å². The van der Waals surface area contributed by atoms with Gasteiger partial charge in [-0.15, -0.1) is 0 Å². The summed E-state index contributed by atoms with van der Waals surface area (Å²) in [6, 6.07) is 10.4. The average Bonchev–Trinajstić information content (AvgIpc) is 2.48. The fourth-order valence-electron chi connectivity index (χ4n) is 1.95. The second-order valence-corrected chi connectivity index (χ2v) is 4.75. The van der Waals surface area contributed by atoms with Gasteiger partial charge in [0.25, 0.3) is 0 Å². The number of carbonyl (C=O) groups excluding carboxylic acids is 1. The molecule has 0 fully saturated rings. The molecule has 4 heteroatoms. The largest absolute Gasteiger partial charge is 0.497 e. The number of halogens is 1. The smallest absolute Gasteiger partial charge is 0.193 e. The summed E-state index contributed by atoms with van der Waals surface area (Å²) in [6.07, 6.45) is 0. The first-order chi connectivity index (χ1) is 9.56. The van der Waals surface area contributed by atoms with Crippen molar-refractivity contribution in [3.8, 4) is 11.5 Å². The molecule has 0 spiro atoms. The van der Waals surface area contributed by atoms with Crippen molar-refractivity contribution in [2.75, 3.05) is 14.2 Å². The monoisotopic (exact) mass is 290 g/mol. The van der Waals surface area contributed by atoms with Crippen LogP contribution in [0.4, 0.5) is 0 Å². The fraction of sp³-hybridized carbons (Fsp3) is 0.188. The molecule has 0 heterocycles. The summed E-state index contributed by atoms with van der Waals surface area (Å²) in [5.74, 6) is 1.04. The van der Waals surface area contributed by atoms with Crippen molar-refractivity contribution in [1.29, 1.82) is 0 Å². The van der Waals surface area contributed by atoms with E-state index in [4.69, 9.17) is 21.1 Å². The van der Waals surface area contributed by atoms with E-state index in [1.54, 1.807) is 50.6 Å². The number of hydrogen-bond donors (Lipinski definition) is 0. The van der Waals surface area contributed by atoms with Crippen LogP contribution in [0.25, 0.3) is 0 Å². The summed E-state index contributed by atoms with van der Waals surface area (Å²) in [5, 5.41) is 0.575. The Balaban J connectivity index is 2.50. The molecule has 0 saturated heterocycles. The minimum atomic E-state index is -0.109. The summed E-state index contributed by atoms with van der Waals surface area (Å²) in [4.78, 5) is 12.6. The van der Waals surface area contributed by atoms with E-state index in [1.807, 2.05) is 6.92 Å². The number of ketones is 1. The molecule has 0 N–H and O–H groups in total. The van der Waals surface area contributed by atoms with Crippen LogP contribution in [0.5, 0.6) is 11.5 Å². The Bertz CT molecular complexity index is 628. The first-order valence-electron chi connectivity index (χ1n) is 6.09. The van der Waals surface area contributed by atoms with Gasteiger partial charge >= 0.3 is 0 Å². The van der Waals surface area contributed by atoms with E-state index in [0.29, 0.717) is 27.6 Å². The average molecular weight is 291 g/mol. The van der Waals surface area contributed by atoms with Crippen molar-refractivity contribution in [2.24, 2.45) is 0 Å². The molecule has 20 heavy (non-hydrogen) atoms. The molecule has 0 bridgehead atoms. The highest BCUT2D eigenvalue weighted by atomic mass is 35.5. The van der Waals surface area contributed by atoms with E-state index in [9.17, 15) is 4.79 Å². The molecule has 104 valence electrons. The number of rotatable bonds is 4. The molecule has 2 rings (SSSR count). The maximum absolute atomic E-state index is 12.6. The van der Waals surface area contributed by atoms with Crippen LogP contribution < -0.4 is 9.47 Å². The van der Waals surface area contributed by atoms with Crippen molar-refractivity contribution in [2.45, 2.75) is 6.92 Å². The molecule has 0 aromatic heterocycles. The first-order valence-corrected chi connectivity index (χ1v) is 6.47. The molecular weight excluding hydrogens is 276 g/mol. The summed E-state index contributed by atoms with van der Waals surface area (Å²) < 4.78 is 10.4. The van der Waals surface area contributed by atoms with Gasteiger partial charge in [0, 0.05) is 22.2 Å². The Morgan fingerprint density at radius 2 is 1.65 bits per heavy atom. The molecule has 0 aliphatic heterocycles. The highest BCUT2D eigenvalue weighted by molar-refractivity contribution is 6.32. The number of methoxy groups -OCH3 is 2. The van der Waals surface area contributed by atoms with Gasteiger partial charge in [0.05, 0.1) is 14.2 Å². The molecule has 2 aromatic rings. The second kappa shape index (κ2) is 5.97. The standard InChI is InChI=1S/C16H15ClO3/c1-10-14(5-4-6-15(10)17)16(18)11-7-12(19-2)9-13(8-11)20-3/h4-9H,1-3H3. The molecule has 0 aliphatic carbocycles. The lowest BCUT2D eigenvalue weighted by molar-refractivity contribution is 0.103. The third kappa shape index (κ3) is 2.78. The lowest BCUT2D eigenvalue weighted by atomic mass is 9.99. The Kier molecular flexibility index (Phi) is 4.30. The fourth-order valence-corrected chi connectivity index (χ4v) is 2.12. The summed E-state index contributed by atoms with van der Waals surface area (Å²) in [7, 11) is 3.10. The molecule has 0 radical (unpaired) electrons. The molecule has 3 nitrogen and oxygen atoms in total. The second-order valence-electron chi connectivity index (χ2n) is 4.34. The van der Waals surface area contributed by atoms with E-state index in [-0.39, 0.29) is 5.78 Å². The number of hydrogen-bond acceptors (Lipinski definition) is 3. The molecule has 0 unspecified atom stereocenters. The van der Waals surface area contributed by atoms with E-state index in [2.05, 4.69) is 0 Å². The lowest BCUT2D eigenvalue weighted by Gasteiger charge is -2.10. The van der Waals surface area contributed by atoms with Crippen molar-refractivity contribution in [1.82, 2.24) is 0 Å². The highest BCUT2D eigenvalue weighted by Crippen LogP contribution is 2.26. The maximum atomic E-state index is 12.6. The summed E-state index contributed by atoms with van der Waals surface area (Å²) in [6.45, 7) is 1.83. The number of ether oxygens (including phenoxy) is 2. The van der Waals surface area contributed by atoms with Crippen LogP contribution >= 0.6 is 11.6 Å². The van der Waals surface area contributed by atoms with Crippen molar-refractivity contribution < 1.29 is 14.3 Å². The van der Waals surface area contributed by atoms with Crippen LogP contribution in [0.3, 0.4) is 0 Å². The van der Waals surface area contributed by atoms with Gasteiger partial charge in [0.1, 0.15) is 11.5 Å². The van der Waals surface area contributed by atoms with Gasteiger partial charge in [0.15, 0.2) is 5.78 Å². The number of carbonyl (C=O) groups is 1. The van der Waals surface area contributed by atoms with Crippen LogP contribution in [0.15, 0.2) is 36.4 Å². The van der Waals surface area contributed by atoms with Gasteiger partial charge in [-0.3, -0.25) is 4.79 Å². The topological polar surface area (TPSA) is 35.5 Å². The summed E-state index contributed by atoms with van der Waals surface area (Å²) in [5.41, 5.74) is 1.85.